The van der Waals surface area contributed by atoms with E-state index in [1.54, 1.807) is 40.3 Å². The minimum Gasteiger partial charge on any atom is -0.508 e. The molecule has 4 heterocycles. The van der Waals surface area contributed by atoms with Crippen LogP contribution in [0.2, 0.25) is 0 Å². The summed E-state index contributed by atoms with van der Waals surface area (Å²) in [6.07, 6.45) is 4.06. The van der Waals surface area contributed by atoms with Gasteiger partial charge in [-0.15, -0.1) is 5.53 Å². The van der Waals surface area contributed by atoms with Gasteiger partial charge in [-0.2, -0.15) is 9.50 Å². The minimum absolute atomic E-state index is 0.0547. The summed E-state index contributed by atoms with van der Waals surface area (Å²) in [5.41, 5.74) is 8.25. The first-order chi connectivity index (χ1) is 13.7. The van der Waals surface area contributed by atoms with Gasteiger partial charge in [0.2, 0.25) is 11.5 Å². The molecular formula is C18H18N8O2. The highest BCUT2D eigenvalue weighted by molar-refractivity contribution is 5.85. The monoisotopic (exact) mass is 378 g/mol. The van der Waals surface area contributed by atoms with E-state index in [2.05, 4.69) is 27.9 Å². The molecule has 28 heavy (non-hydrogen) atoms. The number of furan rings is 1. The van der Waals surface area contributed by atoms with Crippen molar-refractivity contribution in [3.8, 4) is 5.75 Å². The van der Waals surface area contributed by atoms with E-state index >= 15 is 0 Å². The van der Waals surface area contributed by atoms with Crippen molar-refractivity contribution >= 4 is 23.0 Å². The van der Waals surface area contributed by atoms with Gasteiger partial charge in [0.25, 0.3) is 0 Å². The zero-order chi connectivity index (χ0) is 19.3. The maximum atomic E-state index is 9.59. The number of phenols is 1. The number of hydrogen-bond donors (Lipinski definition) is 4. The molecule has 1 aliphatic heterocycles. The molecule has 0 saturated heterocycles. The van der Waals surface area contributed by atoms with Gasteiger partial charge in [0.05, 0.1) is 12.3 Å². The fraction of sp³-hybridized carbons (Fsp3) is 0.167. The number of nitrogens with zero attached hydrogens (tertiary/aromatic N) is 5. The summed E-state index contributed by atoms with van der Waals surface area (Å²) < 4.78 is 9.05. The molecule has 1 atom stereocenters. The molecule has 1 aromatic carbocycles. The second-order valence-electron chi connectivity index (χ2n) is 6.43. The maximum absolute atomic E-state index is 9.59. The van der Waals surface area contributed by atoms with E-state index in [1.807, 2.05) is 22.9 Å². The van der Waals surface area contributed by atoms with Crippen molar-refractivity contribution in [1.29, 1.82) is 5.41 Å². The number of aromatic hydroxyl groups is 1. The van der Waals surface area contributed by atoms with Crippen LogP contribution in [0.3, 0.4) is 0 Å². The van der Waals surface area contributed by atoms with Crippen LogP contribution in [0.1, 0.15) is 24.9 Å². The van der Waals surface area contributed by atoms with E-state index in [0.717, 1.165) is 12.0 Å². The lowest BCUT2D eigenvalue weighted by molar-refractivity contribution is 0.462. The van der Waals surface area contributed by atoms with E-state index in [0.29, 0.717) is 23.0 Å². The van der Waals surface area contributed by atoms with Gasteiger partial charge in [-0.05, 0) is 30.2 Å². The maximum Gasteiger partial charge on any atom is 0.245 e. The molecular weight excluding hydrogens is 360 g/mol. The van der Waals surface area contributed by atoms with E-state index < -0.39 is 0 Å². The molecule has 0 spiro atoms. The molecule has 10 heteroatoms. The minimum atomic E-state index is -0.0704. The highest BCUT2D eigenvalue weighted by Crippen LogP contribution is 2.36. The first-order valence-electron chi connectivity index (χ1n) is 8.86. The molecule has 10 nitrogen and oxygen atoms in total. The van der Waals surface area contributed by atoms with Gasteiger partial charge in [0, 0.05) is 6.07 Å². The first-order valence-corrected chi connectivity index (χ1v) is 8.86. The quantitative estimate of drug-likeness (QED) is 0.430. The molecule has 4 aromatic rings. The predicted molar refractivity (Wildman–Crippen MR) is 101 cm³/mol. The molecule has 0 bridgehead atoms. The number of hydrazine groups is 2. The molecule has 1 aliphatic rings. The molecule has 0 saturated carbocycles. The Morgan fingerprint density at radius 1 is 1.25 bits per heavy atom. The fourth-order valence-corrected chi connectivity index (χ4v) is 3.52. The van der Waals surface area contributed by atoms with E-state index in [4.69, 9.17) is 9.83 Å². The summed E-state index contributed by atoms with van der Waals surface area (Å²) in [6.45, 7) is 2.06. The standard InChI is InChI=1S/C18H18N8O2/c1-2-13(11-5-7-12(27)8-6-11)24-10-20-17-15-16(21-18(19)26(17)24)22-23-25(15)14-4-3-9-28-14/h3-10,13,23,27H,2H2,1H3,(H2,19,21,22). The summed E-state index contributed by atoms with van der Waals surface area (Å²) in [6, 6.07) is 10.6. The van der Waals surface area contributed by atoms with Crippen LogP contribution < -0.4 is 21.6 Å². The lowest BCUT2D eigenvalue weighted by Crippen LogP contribution is -2.31. The number of anilines is 3. The lowest BCUT2D eigenvalue weighted by Gasteiger charge is -2.19. The number of rotatable bonds is 4. The first kappa shape index (κ1) is 16.4. The van der Waals surface area contributed by atoms with E-state index in [1.165, 1.54) is 0 Å². The molecule has 0 radical (unpaired) electrons. The summed E-state index contributed by atoms with van der Waals surface area (Å²) in [4.78, 5) is 8.95. The van der Waals surface area contributed by atoms with Gasteiger partial charge in [-0.1, -0.05) is 19.1 Å². The van der Waals surface area contributed by atoms with Crippen LogP contribution in [0.5, 0.6) is 5.75 Å². The Kier molecular flexibility index (Phi) is 3.59. The molecule has 1 unspecified atom stereocenters. The van der Waals surface area contributed by atoms with E-state index in [-0.39, 0.29) is 17.4 Å². The third-order valence-corrected chi connectivity index (χ3v) is 4.80. The highest BCUT2D eigenvalue weighted by Gasteiger charge is 2.29. The summed E-state index contributed by atoms with van der Waals surface area (Å²) in [7, 11) is 0. The third-order valence-electron chi connectivity index (χ3n) is 4.80. The third kappa shape index (κ3) is 2.35. The van der Waals surface area contributed by atoms with Crippen molar-refractivity contribution in [2.75, 3.05) is 10.4 Å². The van der Waals surface area contributed by atoms with Gasteiger partial charge in [-0.25, -0.2) is 9.99 Å². The Balaban J connectivity index is 1.70. The summed E-state index contributed by atoms with van der Waals surface area (Å²) in [5.74, 6) is 1.30. The van der Waals surface area contributed by atoms with Crippen molar-refractivity contribution in [3.63, 3.8) is 0 Å². The van der Waals surface area contributed by atoms with Gasteiger partial charge in [0.1, 0.15) is 12.1 Å². The fourth-order valence-electron chi connectivity index (χ4n) is 3.52. The number of nitrogens with one attached hydrogen (secondary N) is 3. The topological polar surface area (TPSA) is 120 Å². The largest absolute Gasteiger partial charge is 0.508 e. The van der Waals surface area contributed by atoms with Crippen LogP contribution in [0, 0.1) is 5.41 Å². The lowest BCUT2D eigenvalue weighted by atomic mass is 10.0. The Morgan fingerprint density at radius 2 is 2.07 bits per heavy atom. The van der Waals surface area contributed by atoms with E-state index in [9.17, 15) is 5.11 Å². The molecule has 3 aromatic heterocycles. The Hall–Kier alpha value is -3.79. The number of phenolic OH excluding ortho intramolecular Hbond substituents is 1. The van der Waals surface area contributed by atoms with Crippen molar-refractivity contribution < 1.29 is 9.52 Å². The van der Waals surface area contributed by atoms with Crippen molar-refractivity contribution in [2.45, 2.75) is 19.4 Å². The molecule has 0 amide bonds. The van der Waals surface area contributed by atoms with Crippen LogP contribution in [0.25, 0.3) is 5.65 Å². The summed E-state index contributed by atoms with van der Waals surface area (Å²) in [5, 5.41) is 19.7. The molecule has 142 valence electrons. The zero-order valence-corrected chi connectivity index (χ0v) is 15.0. The Morgan fingerprint density at radius 3 is 2.79 bits per heavy atom. The van der Waals surface area contributed by atoms with Crippen molar-refractivity contribution in [3.05, 3.63) is 60.2 Å². The summed E-state index contributed by atoms with van der Waals surface area (Å²) >= 11 is 0. The Labute approximate surface area is 159 Å². The molecule has 4 N–H and O–H groups in total. The molecule has 0 aliphatic carbocycles. The van der Waals surface area contributed by atoms with Crippen molar-refractivity contribution in [2.24, 2.45) is 0 Å². The van der Waals surface area contributed by atoms with Crippen LogP contribution >= 0.6 is 0 Å². The number of aromatic nitrogens is 4. The smallest absolute Gasteiger partial charge is 0.245 e. The average molecular weight is 378 g/mol. The van der Waals surface area contributed by atoms with Gasteiger partial charge in [0.15, 0.2) is 17.2 Å². The molecule has 0 fully saturated rings. The average Bonchev–Trinajstić information content (AvgIpc) is 3.42. The normalized spacial score (nSPS) is 14.2. The van der Waals surface area contributed by atoms with Gasteiger partial charge in [-0.3, -0.25) is 15.5 Å². The highest BCUT2D eigenvalue weighted by atomic mass is 16.4. The van der Waals surface area contributed by atoms with Crippen LogP contribution in [0.15, 0.2) is 53.4 Å². The van der Waals surface area contributed by atoms with Crippen molar-refractivity contribution in [1.82, 2.24) is 24.7 Å². The predicted octanol–water partition coefficient (Wildman–Crippen LogP) is 2.29. The van der Waals surface area contributed by atoms with Crippen LogP contribution in [0.4, 0.5) is 17.4 Å². The molecule has 5 rings (SSSR count). The second-order valence-corrected chi connectivity index (χ2v) is 6.43. The SMILES string of the molecule is CCC(c1ccc(O)cc1)n1cnc2c3c(nc(=N)n21)NNN3c1ccco1. The number of fused-ring (bicyclic) bond motifs is 3. The zero-order valence-electron chi connectivity index (χ0n) is 15.0. The van der Waals surface area contributed by atoms with Crippen LogP contribution in [-0.2, 0) is 0 Å². The van der Waals surface area contributed by atoms with Gasteiger partial charge >= 0.3 is 0 Å². The number of benzene rings is 1. The second kappa shape index (κ2) is 6.13. The van der Waals surface area contributed by atoms with Gasteiger partial charge < -0.3 is 9.52 Å². The number of hydrogen-bond acceptors (Lipinski definition) is 8. The van der Waals surface area contributed by atoms with Crippen LogP contribution in [-0.4, -0.2) is 24.3 Å². The Bertz CT molecular complexity index is 1190.